The summed E-state index contributed by atoms with van der Waals surface area (Å²) in [5.41, 5.74) is 1.12. The number of ether oxygens (including phenoxy) is 1. The van der Waals surface area contributed by atoms with Gasteiger partial charge in [-0.05, 0) is 73.7 Å². The van der Waals surface area contributed by atoms with Crippen LogP contribution < -0.4 is 4.74 Å². The smallest absolute Gasteiger partial charge is 0.236 e. The molecule has 2 heterocycles. The number of carbonyl (C=O) groups excluding carboxylic acids is 1. The van der Waals surface area contributed by atoms with Gasteiger partial charge in [-0.2, -0.15) is 0 Å². The molecule has 1 aliphatic carbocycles. The van der Waals surface area contributed by atoms with E-state index in [4.69, 9.17) is 4.74 Å². The summed E-state index contributed by atoms with van der Waals surface area (Å²) in [7, 11) is 1.94. The fourth-order valence-corrected chi connectivity index (χ4v) is 4.60. The minimum atomic E-state index is -0.583. The first-order valence-corrected chi connectivity index (χ1v) is 10.4. The van der Waals surface area contributed by atoms with Gasteiger partial charge in [0.25, 0.3) is 0 Å². The minimum absolute atomic E-state index is 0.117. The lowest BCUT2D eigenvalue weighted by Gasteiger charge is -2.35. The van der Waals surface area contributed by atoms with Gasteiger partial charge in [0.15, 0.2) is 0 Å². The molecule has 1 aromatic carbocycles. The first-order valence-electron chi connectivity index (χ1n) is 10.4. The molecule has 1 aliphatic heterocycles. The molecule has 6 nitrogen and oxygen atoms in total. The van der Waals surface area contributed by atoms with Gasteiger partial charge in [-0.25, -0.2) is 4.39 Å². The normalized spacial score (nSPS) is 25.9. The fraction of sp³-hybridized carbons (Fsp3) is 0.478. The SMILES string of the molecule is CN(CC(=O)N1C[C@H]2C[C@@H](Oc3ccc(F)cc3)[C@H](O)C[C@H]2C1)Cc1ccncc1. The van der Waals surface area contributed by atoms with Crippen molar-refractivity contribution in [3.63, 3.8) is 0 Å². The molecular weight excluding hydrogens is 385 g/mol. The van der Waals surface area contributed by atoms with Crippen LogP contribution in [0.25, 0.3) is 0 Å². The molecule has 160 valence electrons. The number of hydrogen-bond acceptors (Lipinski definition) is 5. The summed E-state index contributed by atoms with van der Waals surface area (Å²) in [6.07, 6.45) is 3.91. The van der Waals surface area contributed by atoms with E-state index in [1.165, 1.54) is 12.1 Å². The van der Waals surface area contributed by atoms with Gasteiger partial charge in [-0.1, -0.05) is 0 Å². The molecule has 30 heavy (non-hydrogen) atoms. The van der Waals surface area contributed by atoms with Crippen LogP contribution in [0, 0.1) is 17.7 Å². The maximum atomic E-state index is 13.1. The van der Waals surface area contributed by atoms with Crippen LogP contribution in [-0.4, -0.2) is 64.7 Å². The Labute approximate surface area is 176 Å². The second-order valence-electron chi connectivity index (χ2n) is 8.50. The number of pyridine rings is 1. The number of rotatable bonds is 6. The van der Waals surface area contributed by atoms with E-state index >= 15 is 0 Å². The number of halogens is 1. The van der Waals surface area contributed by atoms with Crippen molar-refractivity contribution in [3.05, 3.63) is 60.2 Å². The molecule has 2 aliphatic rings. The highest BCUT2D eigenvalue weighted by Crippen LogP contribution is 2.38. The first kappa shape index (κ1) is 20.8. The lowest BCUT2D eigenvalue weighted by molar-refractivity contribution is -0.131. The van der Waals surface area contributed by atoms with Crippen molar-refractivity contribution in [1.82, 2.24) is 14.8 Å². The average Bonchev–Trinajstić information content (AvgIpc) is 3.13. The van der Waals surface area contributed by atoms with E-state index in [0.717, 1.165) is 5.56 Å². The molecule has 1 saturated carbocycles. The largest absolute Gasteiger partial charge is 0.488 e. The third-order valence-corrected chi connectivity index (χ3v) is 6.15. The summed E-state index contributed by atoms with van der Waals surface area (Å²) in [5.74, 6) is 0.968. The highest BCUT2D eigenvalue weighted by molar-refractivity contribution is 5.78. The van der Waals surface area contributed by atoms with Gasteiger partial charge < -0.3 is 14.7 Å². The predicted octanol–water partition coefficient (Wildman–Crippen LogP) is 2.33. The highest BCUT2D eigenvalue weighted by atomic mass is 19.1. The third-order valence-electron chi connectivity index (χ3n) is 6.15. The molecule has 7 heteroatoms. The van der Waals surface area contributed by atoms with Crippen molar-refractivity contribution < 1.29 is 19.0 Å². The Morgan fingerprint density at radius 3 is 2.53 bits per heavy atom. The predicted molar refractivity (Wildman–Crippen MR) is 110 cm³/mol. The molecule has 4 atom stereocenters. The van der Waals surface area contributed by atoms with Gasteiger partial charge in [0.2, 0.25) is 5.91 Å². The lowest BCUT2D eigenvalue weighted by Crippen LogP contribution is -2.42. The molecule has 1 N–H and O–H groups in total. The number of likely N-dealkylation sites (N-methyl/N-ethyl adjacent to an activating group) is 1. The average molecular weight is 413 g/mol. The Balaban J connectivity index is 1.30. The van der Waals surface area contributed by atoms with Crippen molar-refractivity contribution in [3.8, 4) is 5.75 Å². The van der Waals surface area contributed by atoms with E-state index in [1.807, 2.05) is 29.0 Å². The van der Waals surface area contributed by atoms with E-state index in [2.05, 4.69) is 4.98 Å². The van der Waals surface area contributed by atoms with Gasteiger partial charge in [0, 0.05) is 32.0 Å². The fourth-order valence-electron chi connectivity index (χ4n) is 4.60. The van der Waals surface area contributed by atoms with Crippen LogP contribution in [-0.2, 0) is 11.3 Å². The number of aliphatic hydroxyl groups is 1. The Kier molecular flexibility index (Phi) is 6.29. The topological polar surface area (TPSA) is 65.9 Å². The Morgan fingerprint density at radius 1 is 1.17 bits per heavy atom. The molecule has 0 unspecified atom stereocenters. The number of aromatic nitrogens is 1. The third kappa shape index (κ3) is 4.96. The summed E-state index contributed by atoms with van der Waals surface area (Å²) >= 11 is 0. The molecule has 0 bridgehead atoms. The van der Waals surface area contributed by atoms with Crippen LogP contribution in [0.4, 0.5) is 4.39 Å². The molecular formula is C23H28FN3O3. The number of nitrogens with zero attached hydrogens (tertiary/aromatic N) is 3. The number of likely N-dealkylation sites (tertiary alicyclic amines) is 1. The van der Waals surface area contributed by atoms with E-state index in [1.54, 1.807) is 24.5 Å². The molecule has 1 amide bonds. The van der Waals surface area contributed by atoms with Crippen LogP contribution in [0.15, 0.2) is 48.8 Å². The van der Waals surface area contributed by atoms with Crippen molar-refractivity contribution in [2.24, 2.45) is 11.8 Å². The van der Waals surface area contributed by atoms with Crippen LogP contribution in [0.2, 0.25) is 0 Å². The number of fused-ring (bicyclic) bond motifs is 1. The second-order valence-corrected chi connectivity index (χ2v) is 8.50. The van der Waals surface area contributed by atoms with Gasteiger partial charge in [0.05, 0.1) is 12.6 Å². The maximum Gasteiger partial charge on any atom is 0.236 e. The van der Waals surface area contributed by atoms with E-state index in [-0.39, 0.29) is 17.8 Å². The minimum Gasteiger partial charge on any atom is -0.488 e. The summed E-state index contributed by atoms with van der Waals surface area (Å²) in [5, 5.41) is 10.6. The van der Waals surface area contributed by atoms with Crippen LogP contribution >= 0.6 is 0 Å². The molecule has 4 rings (SSSR count). The molecule has 1 saturated heterocycles. The van der Waals surface area contributed by atoms with E-state index in [9.17, 15) is 14.3 Å². The van der Waals surface area contributed by atoms with Crippen molar-refractivity contribution in [2.75, 3.05) is 26.7 Å². The van der Waals surface area contributed by atoms with Gasteiger partial charge in [-0.3, -0.25) is 14.7 Å². The number of carbonyl (C=O) groups is 1. The Hall–Kier alpha value is -2.51. The summed E-state index contributed by atoms with van der Waals surface area (Å²) in [6, 6.07) is 9.77. The Morgan fingerprint density at radius 2 is 1.83 bits per heavy atom. The van der Waals surface area contributed by atoms with E-state index < -0.39 is 6.10 Å². The zero-order chi connectivity index (χ0) is 21.1. The number of amides is 1. The molecule has 2 fully saturated rings. The summed E-state index contributed by atoms with van der Waals surface area (Å²) in [4.78, 5) is 20.8. The molecule has 1 aromatic heterocycles. The number of benzene rings is 1. The quantitative estimate of drug-likeness (QED) is 0.788. The van der Waals surface area contributed by atoms with Gasteiger partial charge in [-0.15, -0.1) is 0 Å². The Bertz CT molecular complexity index is 849. The zero-order valence-corrected chi connectivity index (χ0v) is 17.2. The maximum absolute atomic E-state index is 13.1. The van der Waals surface area contributed by atoms with Crippen molar-refractivity contribution in [2.45, 2.75) is 31.6 Å². The number of hydrogen-bond donors (Lipinski definition) is 1. The zero-order valence-electron chi connectivity index (χ0n) is 17.2. The summed E-state index contributed by atoms with van der Waals surface area (Å²) in [6.45, 7) is 2.44. The molecule has 2 aromatic rings. The van der Waals surface area contributed by atoms with Crippen molar-refractivity contribution >= 4 is 5.91 Å². The first-order chi connectivity index (χ1) is 14.5. The van der Waals surface area contributed by atoms with Crippen LogP contribution in [0.1, 0.15) is 18.4 Å². The van der Waals surface area contributed by atoms with Gasteiger partial charge in [0.1, 0.15) is 17.7 Å². The molecule has 0 radical (unpaired) electrons. The van der Waals surface area contributed by atoms with Crippen LogP contribution in [0.3, 0.4) is 0 Å². The molecule has 0 spiro atoms. The van der Waals surface area contributed by atoms with Gasteiger partial charge >= 0.3 is 0 Å². The monoisotopic (exact) mass is 413 g/mol. The van der Waals surface area contributed by atoms with E-state index in [0.29, 0.717) is 56.6 Å². The number of aliphatic hydroxyl groups excluding tert-OH is 1. The highest BCUT2D eigenvalue weighted by Gasteiger charge is 2.43. The van der Waals surface area contributed by atoms with Crippen LogP contribution in [0.5, 0.6) is 5.75 Å². The summed E-state index contributed by atoms with van der Waals surface area (Å²) < 4.78 is 19.0. The standard InChI is InChI=1S/C23H28FN3O3/c1-26(12-16-6-8-25-9-7-16)15-23(29)27-13-17-10-21(28)22(11-18(17)14-27)30-20-4-2-19(24)3-5-20/h2-9,17-18,21-22,28H,10-15H2,1H3/t17-,18+,21+,22+/m0/s1. The second kappa shape index (κ2) is 9.10. The van der Waals surface area contributed by atoms with Crippen molar-refractivity contribution in [1.29, 1.82) is 0 Å². The lowest BCUT2D eigenvalue weighted by atomic mass is 9.78.